The van der Waals surface area contributed by atoms with E-state index in [0.717, 1.165) is 25.1 Å². The normalized spacial score (nSPS) is 20.2. The Balaban J connectivity index is 1.41. The highest BCUT2D eigenvalue weighted by atomic mass is 16.3. The third-order valence-corrected chi connectivity index (χ3v) is 5.88. The van der Waals surface area contributed by atoms with Crippen molar-refractivity contribution in [2.75, 3.05) is 18.0 Å². The van der Waals surface area contributed by atoms with Crippen molar-refractivity contribution >= 4 is 11.6 Å². The van der Waals surface area contributed by atoms with Crippen LogP contribution in [0, 0.1) is 0 Å². The number of hydrogen-bond donors (Lipinski definition) is 2. The molecule has 142 valence electrons. The molecular weight excluding hydrogens is 336 g/mol. The highest BCUT2D eigenvalue weighted by Gasteiger charge is 2.21. The van der Waals surface area contributed by atoms with E-state index in [9.17, 15) is 9.90 Å². The number of anilines is 1. The maximum Gasteiger partial charge on any atom is 0.251 e. The van der Waals surface area contributed by atoms with Gasteiger partial charge in [-0.3, -0.25) is 4.79 Å². The molecule has 27 heavy (non-hydrogen) atoms. The molecular formula is C23H28N2O2. The lowest BCUT2D eigenvalue weighted by molar-refractivity contribution is 0.0940. The van der Waals surface area contributed by atoms with Crippen molar-refractivity contribution in [3.63, 3.8) is 0 Å². The van der Waals surface area contributed by atoms with Crippen LogP contribution in [0.5, 0.6) is 0 Å². The molecule has 1 heterocycles. The molecule has 2 aromatic carbocycles. The first kappa shape index (κ1) is 18.1. The summed E-state index contributed by atoms with van der Waals surface area (Å²) in [5, 5.41) is 12.8. The molecule has 2 aliphatic rings. The van der Waals surface area contributed by atoms with Crippen molar-refractivity contribution in [1.82, 2.24) is 5.32 Å². The Morgan fingerprint density at radius 3 is 2.56 bits per heavy atom. The third kappa shape index (κ3) is 4.01. The zero-order valence-electron chi connectivity index (χ0n) is 15.9. The van der Waals surface area contributed by atoms with E-state index in [1.54, 1.807) is 0 Å². The summed E-state index contributed by atoms with van der Waals surface area (Å²) in [4.78, 5) is 14.8. The summed E-state index contributed by atoms with van der Waals surface area (Å²) in [5.41, 5.74) is 5.81. The number of benzene rings is 2. The minimum atomic E-state index is -0.245. The number of rotatable bonds is 4. The SMILES string of the molecule is C[C@@H](NC(=O)c1ccc(N2CCC(O)C2)cc1)c1ccc2c(c1)CCCC2. The van der Waals surface area contributed by atoms with Gasteiger partial charge >= 0.3 is 0 Å². The maximum absolute atomic E-state index is 12.6. The molecule has 4 nitrogen and oxygen atoms in total. The van der Waals surface area contributed by atoms with Gasteiger partial charge in [-0.05, 0) is 80.0 Å². The molecule has 0 aromatic heterocycles. The molecule has 1 aliphatic heterocycles. The van der Waals surface area contributed by atoms with Gasteiger partial charge < -0.3 is 15.3 Å². The topological polar surface area (TPSA) is 52.6 Å². The molecule has 1 fully saturated rings. The molecule has 0 radical (unpaired) electrons. The van der Waals surface area contributed by atoms with E-state index >= 15 is 0 Å². The van der Waals surface area contributed by atoms with Gasteiger partial charge in [-0.1, -0.05) is 18.2 Å². The van der Waals surface area contributed by atoms with Crippen LogP contribution in [0.2, 0.25) is 0 Å². The van der Waals surface area contributed by atoms with E-state index in [4.69, 9.17) is 0 Å². The molecule has 1 unspecified atom stereocenters. The third-order valence-electron chi connectivity index (χ3n) is 5.88. The summed E-state index contributed by atoms with van der Waals surface area (Å²) in [7, 11) is 0. The second-order valence-corrected chi connectivity index (χ2v) is 7.87. The quantitative estimate of drug-likeness (QED) is 0.871. The molecule has 0 bridgehead atoms. The Morgan fingerprint density at radius 2 is 1.85 bits per heavy atom. The Hall–Kier alpha value is -2.33. The largest absolute Gasteiger partial charge is 0.391 e. The maximum atomic E-state index is 12.6. The van der Waals surface area contributed by atoms with Crippen molar-refractivity contribution < 1.29 is 9.90 Å². The van der Waals surface area contributed by atoms with E-state index in [0.29, 0.717) is 12.1 Å². The van der Waals surface area contributed by atoms with Crippen LogP contribution in [0.15, 0.2) is 42.5 Å². The molecule has 0 spiro atoms. The standard InChI is InChI=1S/C23H28N2O2/c1-16(19-7-6-17-4-2-3-5-20(17)14-19)24-23(27)18-8-10-21(11-9-18)25-13-12-22(26)15-25/h6-11,14,16,22,26H,2-5,12-13,15H2,1H3,(H,24,27)/t16-,22?/m1/s1. The lowest BCUT2D eigenvalue weighted by Gasteiger charge is -2.20. The van der Waals surface area contributed by atoms with Gasteiger partial charge in [0, 0.05) is 24.3 Å². The molecule has 1 saturated heterocycles. The van der Waals surface area contributed by atoms with Crippen LogP contribution >= 0.6 is 0 Å². The number of fused-ring (bicyclic) bond motifs is 1. The van der Waals surface area contributed by atoms with Crippen LogP contribution in [0.25, 0.3) is 0 Å². The van der Waals surface area contributed by atoms with Gasteiger partial charge in [-0.15, -0.1) is 0 Å². The minimum absolute atomic E-state index is 0.0156. The van der Waals surface area contributed by atoms with Gasteiger partial charge in [0.1, 0.15) is 0 Å². The molecule has 4 heteroatoms. The van der Waals surface area contributed by atoms with Gasteiger partial charge in [0.05, 0.1) is 12.1 Å². The first-order chi connectivity index (χ1) is 13.1. The summed E-state index contributed by atoms with van der Waals surface area (Å²) in [6, 6.07) is 14.3. The van der Waals surface area contributed by atoms with E-state index in [-0.39, 0.29) is 18.1 Å². The van der Waals surface area contributed by atoms with E-state index < -0.39 is 0 Å². The molecule has 1 aliphatic carbocycles. The molecule has 4 rings (SSSR count). The molecule has 2 N–H and O–H groups in total. The number of amides is 1. The fourth-order valence-electron chi connectivity index (χ4n) is 4.19. The first-order valence-corrected chi connectivity index (χ1v) is 10.1. The highest BCUT2D eigenvalue weighted by Crippen LogP contribution is 2.25. The fourth-order valence-corrected chi connectivity index (χ4v) is 4.19. The van der Waals surface area contributed by atoms with Gasteiger partial charge in [0.2, 0.25) is 0 Å². The van der Waals surface area contributed by atoms with Crippen LogP contribution in [-0.2, 0) is 12.8 Å². The zero-order chi connectivity index (χ0) is 18.8. The number of carbonyl (C=O) groups excluding carboxylic acids is 1. The minimum Gasteiger partial charge on any atom is -0.391 e. The number of aliphatic hydroxyl groups excluding tert-OH is 1. The second kappa shape index (κ2) is 7.73. The Labute approximate surface area is 161 Å². The van der Waals surface area contributed by atoms with Gasteiger partial charge in [0.25, 0.3) is 5.91 Å². The number of carbonyl (C=O) groups is 1. The van der Waals surface area contributed by atoms with Crippen LogP contribution in [0.3, 0.4) is 0 Å². The average Bonchev–Trinajstić information content (AvgIpc) is 3.14. The van der Waals surface area contributed by atoms with Gasteiger partial charge in [-0.25, -0.2) is 0 Å². The van der Waals surface area contributed by atoms with E-state index in [2.05, 4.69) is 28.4 Å². The average molecular weight is 364 g/mol. The summed E-state index contributed by atoms with van der Waals surface area (Å²) in [6.07, 6.45) is 5.43. The van der Waals surface area contributed by atoms with Gasteiger partial charge in [0.15, 0.2) is 0 Å². The van der Waals surface area contributed by atoms with Crippen LogP contribution in [0.1, 0.15) is 59.3 Å². The molecule has 2 aromatic rings. The number of hydrogen-bond acceptors (Lipinski definition) is 3. The molecule has 0 saturated carbocycles. The van der Waals surface area contributed by atoms with Crippen molar-refractivity contribution in [3.05, 3.63) is 64.7 Å². The van der Waals surface area contributed by atoms with E-state index in [1.807, 2.05) is 31.2 Å². The van der Waals surface area contributed by atoms with Crippen molar-refractivity contribution in [3.8, 4) is 0 Å². The van der Waals surface area contributed by atoms with E-state index in [1.165, 1.54) is 36.0 Å². The Kier molecular flexibility index (Phi) is 5.17. The summed E-state index contributed by atoms with van der Waals surface area (Å²) < 4.78 is 0. The second-order valence-electron chi connectivity index (χ2n) is 7.87. The molecule has 1 amide bonds. The van der Waals surface area contributed by atoms with Crippen molar-refractivity contribution in [2.24, 2.45) is 0 Å². The van der Waals surface area contributed by atoms with Crippen LogP contribution < -0.4 is 10.2 Å². The smallest absolute Gasteiger partial charge is 0.251 e. The zero-order valence-corrected chi connectivity index (χ0v) is 15.9. The highest BCUT2D eigenvalue weighted by molar-refractivity contribution is 5.94. The number of nitrogens with zero attached hydrogens (tertiary/aromatic N) is 1. The van der Waals surface area contributed by atoms with Crippen LogP contribution in [-0.4, -0.2) is 30.2 Å². The van der Waals surface area contributed by atoms with Crippen LogP contribution in [0.4, 0.5) is 5.69 Å². The first-order valence-electron chi connectivity index (χ1n) is 10.1. The summed E-state index contributed by atoms with van der Waals surface area (Å²) in [5.74, 6) is -0.0479. The fraction of sp³-hybridized carbons (Fsp3) is 0.435. The van der Waals surface area contributed by atoms with Crippen molar-refractivity contribution in [1.29, 1.82) is 0 Å². The number of aryl methyl sites for hydroxylation is 2. The summed E-state index contributed by atoms with van der Waals surface area (Å²) >= 11 is 0. The monoisotopic (exact) mass is 364 g/mol. The molecule has 2 atom stereocenters. The Bertz CT molecular complexity index is 816. The Morgan fingerprint density at radius 1 is 1.11 bits per heavy atom. The number of β-amino-alcohol motifs (C(OH)–C–C–N with tert-alkyl or cyclic N) is 1. The lowest BCUT2D eigenvalue weighted by Crippen LogP contribution is -2.27. The lowest BCUT2D eigenvalue weighted by atomic mass is 9.89. The predicted molar refractivity (Wildman–Crippen MR) is 108 cm³/mol. The van der Waals surface area contributed by atoms with Crippen molar-refractivity contribution in [2.45, 2.75) is 51.2 Å². The predicted octanol–water partition coefficient (Wildman–Crippen LogP) is 3.63. The van der Waals surface area contributed by atoms with Gasteiger partial charge in [-0.2, -0.15) is 0 Å². The number of nitrogens with one attached hydrogen (secondary N) is 1. The number of aliphatic hydroxyl groups is 1. The summed E-state index contributed by atoms with van der Waals surface area (Å²) in [6.45, 7) is 3.57.